The van der Waals surface area contributed by atoms with Crippen molar-refractivity contribution in [2.75, 3.05) is 35.8 Å². The standard InChI is InChI=1S/C24H27N5O3S2/c1-3-32-24(31)29-21(30)19(13-15-33-2)27-22(29)26-17-10-8-16(9-11-17)12-14-25-23-28-18-6-4-5-7-20(18)34-23/h4-11,19H,3,12-15H2,1-2H3,(H,25,28)(H,26,27)/t19-/m0/s1. The van der Waals surface area contributed by atoms with Crippen LogP contribution in [0.3, 0.4) is 0 Å². The zero-order valence-corrected chi connectivity index (χ0v) is 20.7. The highest BCUT2D eigenvalue weighted by atomic mass is 32.2. The molecule has 178 valence electrons. The van der Waals surface area contributed by atoms with E-state index >= 15 is 0 Å². The van der Waals surface area contributed by atoms with E-state index in [1.165, 1.54) is 4.70 Å². The number of hydrogen-bond acceptors (Lipinski definition) is 9. The molecule has 1 aliphatic heterocycles. The Kier molecular flexibility index (Phi) is 8.02. The lowest BCUT2D eigenvalue weighted by Gasteiger charge is -2.17. The van der Waals surface area contributed by atoms with Crippen molar-refractivity contribution in [1.82, 2.24) is 9.88 Å². The Morgan fingerprint density at radius 3 is 2.74 bits per heavy atom. The van der Waals surface area contributed by atoms with Gasteiger partial charge in [-0.25, -0.2) is 14.8 Å². The van der Waals surface area contributed by atoms with Gasteiger partial charge in [0.05, 0.1) is 16.8 Å². The molecule has 34 heavy (non-hydrogen) atoms. The van der Waals surface area contributed by atoms with E-state index in [0.717, 1.165) is 45.5 Å². The van der Waals surface area contributed by atoms with E-state index < -0.39 is 12.1 Å². The topological polar surface area (TPSA) is 95.9 Å². The van der Waals surface area contributed by atoms with Gasteiger partial charge in [0, 0.05) is 12.2 Å². The van der Waals surface area contributed by atoms with Crippen LogP contribution in [0.2, 0.25) is 0 Å². The van der Waals surface area contributed by atoms with Crippen LogP contribution in [0.1, 0.15) is 18.9 Å². The van der Waals surface area contributed by atoms with Crippen molar-refractivity contribution in [3.05, 3.63) is 54.1 Å². The smallest absolute Gasteiger partial charge is 0.423 e. The zero-order valence-electron chi connectivity index (χ0n) is 19.1. The molecule has 0 spiro atoms. The summed E-state index contributed by atoms with van der Waals surface area (Å²) in [5.74, 6) is 0.635. The number of aliphatic imine (C=N–C) groups is 1. The minimum Gasteiger partial charge on any atom is -0.449 e. The molecule has 1 aliphatic rings. The van der Waals surface area contributed by atoms with Crippen LogP contribution in [-0.2, 0) is 16.0 Å². The Hall–Kier alpha value is -3.11. The van der Waals surface area contributed by atoms with Gasteiger partial charge in [-0.1, -0.05) is 35.6 Å². The van der Waals surface area contributed by atoms with Gasteiger partial charge in [-0.3, -0.25) is 4.79 Å². The molecule has 3 aromatic rings. The molecule has 4 rings (SSSR count). The summed E-state index contributed by atoms with van der Waals surface area (Å²) in [7, 11) is 0. The second kappa shape index (κ2) is 11.3. The molecule has 0 fully saturated rings. The lowest BCUT2D eigenvalue weighted by Crippen LogP contribution is -2.43. The number of aromatic nitrogens is 1. The predicted octanol–water partition coefficient (Wildman–Crippen LogP) is 4.84. The number of para-hydroxylation sites is 1. The van der Waals surface area contributed by atoms with Gasteiger partial charge < -0.3 is 15.4 Å². The van der Waals surface area contributed by atoms with Crippen LogP contribution in [0.25, 0.3) is 10.2 Å². The first-order valence-electron chi connectivity index (χ1n) is 11.1. The van der Waals surface area contributed by atoms with Crippen LogP contribution < -0.4 is 10.6 Å². The number of fused-ring (bicyclic) bond motifs is 1. The molecule has 10 heteroatoms. The molecule has 1 aromatic heterocycles. The molecule has 0 saturated carbocycles. The van der Waals surface area contributed by atoms with E-state index in [1.54, 1.807) is 30.0 Å². The minimum atomic E-state index is -0.706. The van der Waals surface area contributed by atoms with E-state index in [4.69, 9.17) is 4.74 Å². The van der Waals surface area contributed by atoms with Crippen LogP contribution in [0, 0.1) is 0 Å². The van der Waals surface area contributed by atoms with Gasteiger partial charge in [0.15, 0.2) is 5.13 Å². The molecule has 0 radical (unpaired) electrons. The van der Waals surface area contributed by atoms with Crippen LogP contribution in [0.15, 0.2) is 53.5 Å². The van der Waals surface area contributed by atoms with E-state index in [-0.39, 0.29) is 18.5 Å². The highest BCUT2D eigenvalue weighted by molar-refractivity contribution is 7.98. The number of guanidine groups is 1. The monoisotopic (exact) mass is 497 g/mol. The number of carbonyl (C=O) groups is 2. The number of amides is 2. The molecule has 0 saturated heterocycles. The Balaban J connectivity index is 1.36. The second-order valence-corrected chi connectivity index (χ2v) is 9.62. The van der Waals surface area contributed by atoms with Crippen molar-refractivity contribution >= 4 is 62.1 Å². The summed E-state index contributed by atoms with van der Waals surface area (Å²) in [4.78, 5) is 35.2. The molecule has 2 aromatic carbocycles. The Bertz CT molecular complexity index is 1150. The quantitative estimate of drug-likeness (QED) is 0.437. The fourth-order valence-electron chi connectivity index (χ4n) is 3.53. The zero-order chi connectivity index (χ0) is 23.9. The highest BCUT2D eigenvalue weighted by Crippen LogP contribution is 2.25. The van der Waals surface area contributed by atoms with Crippen LogP contribution in [0.4, 0.5) is 15.6 Å². The number of ether oxygens (including phenoxy) is 1. The Morgan fingerprint density at radius 2 is 2.00 bits per heavy atom. The maximum atomic E-state index is 12.7. The summed E-state index contributed by atoms with van der Waals surface area (Å²) in [6.07, 6.45) is 2.67. The summed E-state index contributed by atoms with van der Waals surface area (Å²) >= 11 is 3.28. The van der Waals surface area contributed by atoms with Gasteiger partial charge in [0.25, 0.3) is 5.91 Å². The van der Waals surface area contributed by atoms with Gasteiger partial charge >= 0.3 is 6.09 Å². The summed E-state index contributed by atoms with van der Waals surface area (Å²) in [6.45, 7) is 2.66. The summed E-state index contributed by atoms with van der Waals surface area (Å²) in [5, 5.41) is 7.42. The Labute approximate surface area is 206 Å². The first-order chi connectivity index (χ1) is 16.6. The van der Waals surface area contributed by atoms with Crippen molar-refractivity contribution in [1.29, 1.82) is 0 Å². The van der Waals surface area contributed by atoms with Gasteiger partial charge in [-0.05, 0) is 61.6 Å². The average molecular weight is 498 g/mol. The molecule has 8 nitrogen and oxygen atoms in total. The van der Waals surface area contributed by atoms with E-state index in [2.05, 4.69) is 26.7 Å². The number of rotatable bonds is 9. The molecule has 2 amide bonds. The lowest BCUT2D eigenvalue weighted by atomic mass is 10.1. The van der Waals surface area contributed by atoms with E-state index in [9.17, 15) is 9.59 Å². The number of carbonyl (C=O) groups excluding carboxylic acids is 2. The lowest BCUT2D eigenvalue weighted by molar-refractivity contribution is -0.126. The van der Waals surface area contributed by atoms with E-state index in [1.807, 2.05) is 48.7 Å². The summed E-state index contributed by atoms with van der Waals surface area (Å²) < 4.78 is 6.23. The number of nitrogens with zero attached hydrogens (tertiary/aromatic N) is 3. The maximum Gasteiger partial charge on any atom is 0.423 e. The van der Waals surface area contributed by atoms with Crippen molar-refractivity contribution < 1.29 is 14.3 Å². The molecule has 1 atom stereocenters. The van der Waals surface area contributed by atoms with Gasteiger partial charge in [-0.2, -0.15) is 16.7 Å². The van der Waals surface area contributed by atoms with Gasteiger partial charge in [-0.15, -0.1) is 0 Å². The van der Waals surface area contributed by atoms with Crippen LogP contribution in [-0.4, -0.2) is 59.0 Å². The van der Waals surface area contributed by atoms with Crippen molar-refractivity contribution in [2.45, 2.75) is 25.8 Å². The fourth-order valence-corrected chi connectivity index (χ4v) is 4.88. The molecular weight excluding hydrogens is 470 g/mol. The maximum absolute atomic E-state index is 12.7. The van der Waals surface area contributed by atoms with Crippen LogP contribution in [0.5, 0.6) is 0 Å². The molecule has 0 bridgehead atoms. The second-order valence-electron chi connectivity index (χ2n) is 7.61. The number of hydrogen-bond donors (Lipinski definition) is 2. The third kappa shape index (κ3) is 5.68. The van der Waals surface area contributed by atoms with Crippen molar-refractivity contribution in [2.24, 2.45) is 4.99 Å². The summed E-state index contributed by atoms with van der Waals surface area (Å²) in [5.41, 5.74) is 2.91. The summed E-state index contributed by atoms with van der Waals surface area (Å²) in [6, 6.07) is 15.4. The number of imide groups is 1. The molecule has 2 N–H and O–H groups in total. The van der Waals surface area contributed by atoms with Crippen molar-refractivity contribution in [3.8, 4) is 0 Å². The predicted molar refractivity (Wildman–Crippen MR) is 140 cm³/mol. The first kappa shape index (κ1) is 24.0. The number of thioether (sulfide) groups is 1. The number of thiazole rings is 1. The normalized spacial score (nSPS) is 15.5. The number of anilines is 2. The number of nitrogens with one attached hydrogen (secondary N) is 2. The molecule has 0 unspecified atom stereocenters. The molecule has 2 heterocycles. The Morgan fingerprint density at radius 1 is 1.21 bits per heavy atom. The van der Waals surface area contributed by atoms with Gasteiger partial charge in [0.2, 0.25) is 5.96 Å². The van der Waals surface area contributed by atoms with Crippen LogP contribution >= 0.6 is 23.1 Å². The number of benzene rings is 2. The minimum absolute atomic E-state index is 0.186. The average Bonchev–Trinajstić information content (AvgIpc) is 3.39. The van der Waals surface area contributed by atoms with Crippen molar-refractivity contribution in [3.63, 3.8) is 0 Å². The first-order valence-corrected chi connectivity index (χ1v) is 13.3. The van der Waals surface area contributed by atoms with Gasteiger partial charge in [0.1, 0.15) is 6.04 Å². The third-order valence-corrected chi connectivity index (χ3v) is 6.87. The largest absolute Gasteiger partial charge is 0.449 e. The highest BCUT2D eigenvalue weighted by Gasteiger charge is 2.39. The third-order valence-electron chi connectivity index (χ3n) is 5.24. The SMILES string of the molecule is CCOC(=O)N1C(=O)[C@H](CCSC)N=C1Nc1ccc(CCNc2nc3ccccc3s2)cc1. The molecular formula is C24H27N5O3S2. The van der Waals surface area contributed by atoms with E-state index in [0.29, 0.717) is 6.42 Å². The fraction of sp³-hybridized carbons (Fsp3) is 0.333. The molecule has 0 aliphatic carbocycles.